The van der Waals surface area contributed by atoms with Gasteiger partial charge in [0.25, 0.3) is 15.9 Å². The number of anilines is 1. The zero-order valence-electron chi connectivity index (χ0n) is 19.6. The third-order valence-electron chi connectivity index (χ3n) is 5.14. The van der Waals surface area contributed by atoms with Crippen LogP contribution in [0.3, 0.4) is 0 Å². The van der Waals surface area contributed by atoms with Gasteiger partial charge in [-0.25, -0.2) is 13.8 Å². The van der Waals surface area contributed by atoms with Gasteiger partial charge in [0.2, 0.25) is 0 Å². The molecule has 12 heteroatoms. The number of nitrogens with one attached hydrogen (secondary N) is 1. The molecule has 0 aromatic heterocycles. The molecule has 0 saturated heterocycles. The van der Waals surface area contributed by atoms with Crippen LogP contribution in [0.1, 0.15) is 16.7 Å². The average Bonchev–Trinajstić information content (AvgIpc) is 2.84. The second kappa shape index (κ2) is 11.2. The molecule has 0 spiro atoms. The van der Waals surface area contributed by atoms with E-state index in [0.29, 0.717) is 16.1 Å². The number of carbonyl (C=O) groups is 1. The SMILES string of the molecule is COc1ccc(/C=N\NC(=O)CN(c2cc(Cl)ccc2C)S(=O)(=O)c2ccc(C)cc2)cc1[N+](=O)[O-]. The van der Waals surface area contributed by atoms with Gasteiger partial charge in [-0.3, -0.25) is 19.2 Å². The van der Waals surface area contributed by atoms with Crippen LogP contribution in [0.5, 0.6) is 5.75 Å². The van der Waals surface area contributed by atoms with Crippen molar-refractivity contribution in [3.63, 3.8) is 0 Å². The van der Waals surface area contributed by atoms with Crippen LogP contribution in [0.15, 0.2) is 70.7 Å². The summed E-state index contributed by atoms with van der Waals surface area (Å²) >= 11 is 6.12. The highest BCUT2D eigenvalue weighted by Crippen LogP contribution is 2.30. The van der Waals surface area contributed by atoms with E-state index in [1.54, 1.807) is 31.2 Å². The third kappa shape index (κ3) is 6.18. The Morgan fingerprint density at radius 3 is 2.47 bits per heavy atom. The standard InChI is InChI=1S/C24H23ClN4O6S/c1-16-4-9-20(10-5-16)36(33,34)28(21-13-19(25)8-6-17(21)2)15-24(30)27-26-14-18-7-11-23(35-3)22(12-18)29(31)32/h4-14H,15H2,1-3H3,(H,27,30)/b26-14-. The number of nitro groups is 1. The largest absolute Gasteiger partial charge is 0.490 e. The molecule has 1 amide bonds. The molecule has 0 aliphatic rings. The lowest BCUT2D eigenvalue weighted by molar-refractivity contribution is -0.385. The smallest absolute Gasteiger partial charge is 0.311 e. The highest BCUT2D eigenvalue weighted by molar-refractivity contribution is 7.92. The molecule has 0 aliphatic heterocycles. The molecule has 3 aromatic carbocycles. The first-order valence-corrected chi connectivity index (χ1v) is 12.3. The van der Waals surface area contributed by atoms with E-state index in [1.165, 1.54) is 49.7 Å². The molecule has 10 nitrogen and oxygen atoms in total. The predicted octanol–water partition coefficient (Wildman–Crippen LogP) is 4.22. The van der Waals surface area contributed by atoms with Gasteiger partial charge in [-0.1, -0.05) is 35.4 Å². The van der Waals surface area contributed by atoms with Crippen molar-refractivity contribution in [3.05, 3.63) is 92.5 Å². The second-order valence-corrected chi connectivity index (χ2v) is 10.0. The Kier molecular flexibility index (Phi) is 8.28. The van der Waals surface area contributed by atoms with Gasteiger partial charge in [0, 0.05) is 16.7 Å². The summed E-state index contributed by atoms with van der Waals surface area (Å²) in [6.07, 6.45) is 1.20. The quantitative estimate of drug-likeness (QED) is 0.250. The zero-order valence-corrected chi connectivity index (χ0v) is 21.2. The van der Waals surface area contributed by atoms with Gasteiger partial charge in [0.1, 0.15) is 6.54 Å². The maximum Gasteiger partial charge on any atom is 0.311 e. The minimum absolute atomic E-state index is 0.00863. The fourth-order valence-corrected chi connectivity index (χ4v) is 4.91. The van der Waals surface area contributed by atoms with E-state index >= 15 is 0 Å². The van der Waals surface area contributed by atoms with Gasteiger partial charge < -0.3 is 4.74 Å². The number of hydrogen-bond donors (Lipinski definition) is 1. The van der Waals surface area contributed by atoms with Gasteiger partial charge in [-0.15, -0.1) is 0 Å². The lowest BCUT2D eigenvalue weighted by Gasteiger charge is -2.25. The zero-order chi connectivity index (χ0) is 26.5. The Bertz CT molecular complexity index is 1430. The summed E-state index contributed by atoms with van der Waals surface area (Å²) in [5, 5.41) is 15.3. The molecule has 36 heavy (non-hydrogen) atoms. The summed E-state index contributed by atoms with van der Waals surface area (Å²) in [5.41, 5.74) is 4.05. The molecular weight excluding hydrogens is 508 g/mol. The lowest BCUT2D eigenvalue weighted by Crippen LogP contribution is -2.40. The number of hydrogen-bond acceptors (Lipinski definition) is 7. The molecule has 0 atom stereocenters. The van der Waals surface area contributed by atoms with Crippen LogP contribution in [-0.4, -0.2) is 39.1 Å². The first kappa shape index (κ1) is 26.6. The van der Waals surface area contributed by atoms with Crippen molar-refractivity contribution in [2.24, 2.45) is 5.10 Å². The summed E-state index contributed by atoms with van der Waals surface area (Å²) in [6, 6.07) is 15.1. The van der Waals surface area contributed by atoms with Crippen LogP contribution in [-0.2, 0) is 14.8 Å². The van der Waals surface area contributed by atoms with Gasteiger partial charge in [-0.05, 0) is 55.8 Å². The van der Waals surface area contributed by atoms with Gasteiger partial charge in [0.15, 0.2) is 5.75 Å². The number of nitro benzene ring substituents is 1. The van der Waals surface area contributed by atoms with E-state index in [1.807, 2.05) is 6.92 Å². The van der Waals surface area contributed by atoms with E-state index in [9.17, 15) is 23.3 Å². The van der Waals surface area contributed by atoms with Crippen LogP contribution in [0.4, 0.5) is 11.4 Å². The molecule has 188 valence electrons. The van der Waals surface area contributed by atoms with E-state index in [0.717, 1.165) is 9.87 Å². The number of ether oxygens (including phenoxy) is 1. The molecule has 0 fully saturated rings. The Morgan fingerprint density at radius 1 is 1.14 bits per heavy atom. The molecule has 0 saturated carbocycles. The van der Waals surface area contributed by atoms with Crippen molar-refractivity contribution in [2.75, 3.05) is 18.0 Å². The van der Waals surface area contributed by atoms with Crippen LogP contribution in [0.25, 0.3) is 0 Å². The van der Waals surface area contributed by atoms with Crippen molar-refractivity contribution in [1.29, 1.82) is 0 Å². The van der Waals surface area contributed by atoms with Crippen LogP contribution >= 0.6 is 11.6 Å². The average molecular weight is 531 g/mol. The number of carbonyl (C=O) groups excluding carboxylic acids is 1. The lowest BCUT2D eigenvalue weighted by atomic mass is 10.2. The molecule has 0 unspecified atom stereocenters. The van der Waals surface area contributed by atoms with E-state index < -0.39 is 27.4 Å². The maximum atomic E-state index is 13.5. The number of aryl methyl sites for hydroxylation is 2. The number of hydrazone groups is 1. The van der Waals surface area contributed by atoms with E-state index in [2.05, 4.69) is 10.5 Å². The molecule has 3 aromatic rings. The Balaban J connectivity index is 1.87. The number of sulfonamides is 1. The van der Waals surface area contributed by atoms with Crippen LogP contribution in [0, 0.1) is 24.0 Å². The molecule has 3 rings (SSSR count). The van der Waals surface area contributed by atoms with Gasteiger partial charge in [-0.2, -0.15) is 5.10 Å². The van der Waals surface area contributed by atoms with Crippen molar-refractivity contribution < 1.29 is 22.9 Å². The fraction of sp³-hybridized carbons (Fsp3) is 0.167. The summed E-state index contributed by atoms with van der Waals surface area (Å²) in [6.45, 7) is 2.95. The topological polar surface area (TPSA) is 131 Å². The third-order valence-corrected chi connectivity index (χ3v) is 7.15. The Hall–Kier alpha value is -3.96. The monoisotopic (exact) mass is 530 g/mol. The first-order valence-electron chi connectivity index (χ1n) is 10.5. The molecule has 0 bridgehead atoms. The number of amides is 1. The van der Waals surface area contributed by atoms with Crippen molar-refractivity contribution in [2.45, 2.75) is 18.7 Å². The molecular formula is C24H23ClN4O6S. The van der Waals surface area contributed by atoms with E-state index in [4.69, 9.17) is 16.3 Å². The Labute approximate surface area is 213 Å². The summed E-state index contributed by atoms with van der Waals surface area (Å²) in [4.78, 5) is 23.3. The fourth-order valence-electron chi connectivity index (χ4n) is 3.26. The molecule has 1 N–H and O–H groups in total. The minimum atomic E-state index is -4.13. The highest BCUT2D eigenvalue weighted by Gasteiger charge is 2.28. The molecule has 0 heterocycles. The predicted molar refractivity (Wildman–Crippen MR) is 137 cm³/mol. The van der Waals surface area contributed by atoms with Gasteiger partial charge >= 0.3 is 5.69 Å². The van der Waals surface area contributed by atoms with Crippen LogP contribution < -0.4 is 14.5 Å². The first-order chi connectivity index (χ1) is 17.0. The number of rotatable bonds is 9. The van der Waals surface area contributed by atoms with Crippen molar-refractivity contribution >= 4 is 45.1 Å². The van der Waals surface area contributed by atoms with Crippen molar-refractivity contribution in [1.82, 2.24) is 5.43 Å². The Morgan fingerprint density at radius 2 is 1.83 bits per heavy atom. The van der Waals surface area contributed by atoms with Crippen LogP contribution in [0.2, 0.25) is 5.02 Å². The maximum absolute atomic E-state index is 13.5. The summed E-state index contributed by atoms with van der Waals surface area (Å²) in [7, 11) is -2.82. The second-order valence-electron chi connectivity index (χ2n) is 7.74. The van der Waals surface area contributed by atoms with Gasteiger partial charge in [0.05, 0.1) is 28.8 Å². The van der Waals surface area contributed by atoms with Crippen molar-refractivity contribution in [3.8, 4) is 5.75 Å². The number of halogens is 1. The normalized spacial score (nSPS) is 11.3. The summed E-state index contributed by atoms with van der Waals surface area (Å²) < 4.78 is 32.9. The number of nitrogens with zero attached hydrogens (tertiary/aromatic N) is 3. The highest BCUT2D eigenvalue weighted by atomic mass is 35.5. The summed E-state index contributed by atoms with van der Waals surface area (Å²) in [5.74, 6) is -0.653. The molecule has 0 aliphatic carbocycles. The molecule has 0 radical (unpaired) electrons. The minimum Gasteiger partial charge on any atom is -0.490 e. The number of methoxy groups -OCH3 is 1. The number of benzene rings is 3. The van der Waals surface area contributed by atoms with E-state index in [-0.39, 0.29) is 22.0 Å².